The molecule has 0 aliphatic carbocycles. The molecule has 0 atom stereocenters. The summed E-state index contributed by atoms with van der Waals surface area (Å²) in [5.74, 6) is 0.594. The van der Waals surface area contributed by atoms with Crippen LogP contribution in [0.1, 0.15) is 5.56 Å². The molecule has 1 aliphatic rings. The van der Waals surface area contributed by atoms with Gasteiger partial charge in [-0.2, -0.15) is 0 Å². The van der Waals surface area contributed by atoms with Crippen LogP contribution in [0.4, 0.5) is 5.82 Å². The molecule has 0 amide bonds. The largest absolute Gasteiger partial charge is 0.384 e. The van der Waals surface area contributed by atoms with Crippen molar-refractivity contribution in [3.63, 3.8) is 0 Å². The third kappa shape index (κ3) is 2.30. The molecule has 2 N–H and O–H groups in total. The van der Waals surface area contributed by atoms with Gasteiger partial charge in [0.15, 0.2) is 0 Å². The van der Waals surface area contributed by atoms with Crippen molar-refractivity contribution in [2.75, 3.05) is 32.0 Å². The minimum absolute atomic E-state index is 0.594. The van der Waals surface area contributed by atoms with E-state index >= 15 is 0 Å². The van der Waals surface area contributed by atoms with E-state index in [1.54, 1.807) is 0 Å². The third-order valence-corrected chi connectivity index (χ3v) is 3.32. The molecule has 0 radical (unpaired) electrons. The molecule has 4 heteroatoms. The van der Waals surface area contributed by atoms with E-state index in [4.69, 9.17) is 10.5 Å². The monoisotopic (exact) mass is 243 g/mol. The first-order valence-electron chi connectivity index (χ1n) is 6.27. The highest BCUT2D eigenvalue weighted by Gasteiger charge is 2.13. The van der Waals surface area contributed by atoms with Crippen molar-refractivity contribution in [3.8, 4) is 0 Å². The molecule has 0 saturated carbocycles. The number of benzene rings is 1. The second-order valence-electron chi connectivity index (χ2n) is 4.61. The fourth-order valence-electron chi connectivity index (χ4n) is 2.40. The third-order valence-electron chi connectivity index (χ3n) is 3.32. The maximum atomic E-state index is 5.88. The van der Waals surface area contributed by atoms with E-state index in [2.05, 4.69) is 16.0 Å². The zero-order valence-corrected chi connectivity index (χ0v) is 10.3. The molecule has 1 saturated heterocycles. The van der Waals surface area contributed by atoms with E-state index in [-0.39, 0.29) is 0 Å². The quantitative estimate of drug-likeness (QED) is 0.871. The minimum Gasteiger partial charge on any atom is -0.384 e. The summed E-state index contributed by atoms with van der Waals surface area (Å²) in [6.45, 7) is 4.51. The number of ether oxygens (including phenoxy) is 1. The lowest BCUT2D eigenvalue weighted by Gasteiger charge is -2.27. The Kier molecular flexibility index (Phi) is 3.13. The molecule has 94 valence electrons. The lowest BCUT2D eigenvalue weighted by molar-refractivity contribution is 0.0344. The van der Waals surface area contributed by atoms with E-state index in [1.807, 2.05) is 24.3 Å². The van der Waals surface area contributed by atoms with Crippen molar-refractivity contribution < 1.29 is 4.74 Å². The first-order chi connectivity index (χ1) is 8.83. The van der Waals surface area contributed by atoms with Gasteiger partial charge in [0.05, 0.1) is 18.7 Å². The molecule has 1 aliphatic heterocycles. The van der Waals surface area contributed by atoms with Gasteiger partial charge in [-0.25, -0.2) is 4.98 Å². The van der Waals surface area contributed by atoms with Crippen LogP contribution in [0.25, 0.3) is 10.9 Å². The Balaban J connectivity index is 1.94. The van der Waals surface area contributed by atoms with E-state index in [1.165, 1.54) is 10.9 Å². The maximum absolute atomic E-state index is 5.88. The Hall–Kier alpha value is -1.65. The molecule has 18 heavy (non-hydrogen) atoms. The summed E-state index contributed by atoms with van der Waals surface area (Å²) in [7, 11) is 0. The van der Waals surface area contributed by atoms with Gasteiger partial charge in [0.25, 0.3) is 0 Å². The van der Waals surface area contributed by atoms with E-state index in [0.717, 1.165) is 38.4 Å². The van der Waals surface area contributed by atoms with Gasteiger partial charge in [-0.1, -0.05) is 18.2 Å². The van der Waals surface area contributed by atoms with Crippen molar-refractivity contribution in [1.29, 1.82) is 0 Å². The molecule has 2 heterocycles. The summed E-state index contributed by atoms with van der Waals surface area (Å²) in [6.07, 6.45) is 0. The number of hydrogen-bond acceptors (Lipinski definition) is 4. The number of fused-ring (bicyclic) bond motifs is 1. The minimum atomic E-state index is 0.594. The van der Waals surface area contributed by atoms with Crippen LogP contribution in [0.5, 0.6) is 0 Å². The lowest BCUT2D eigenvalue weighted by Crippen LogP contribution is -2.35. The molecule has 3 rings (SSSR count). The predicted octanol–water partition coefficient (Wildman–Crippen LogP) is 1.65. The summed E-state index contributed by atoms with van der Waals surface area (Å²) in [6, 6.07) is 10.1. The van der Waals surface area contributed by atoms with Crippen LogP contribution >= 0.6 is 0 Å². The number of nitrogen functional groups attached to an aromatic ring is 1. The number of rotatable bonds is 2. The number of para-hydroxylation sites is 1. The van der Waals surface area contributed by atoms with Gasteiger partial charge in [0.1, 0.15) is 5.82 Å². The fraction of sp³-hybridized carbons (Fsp3) is 0.357. The van der Waals surface area contributed by atoms with Gasteiger partial charge < -0.3 is 10.5 Å². The SMILES string of the molecule is Nc1cc(CN2CCOCC2)c2ccccc2n1. The van der Waals surface area contributed by atoms with Crippen molar-refractivity contribution in [3.05, 3.63) is 35.9 Å². The number of nitrogens with zero attached hydrogens (tertiary/aromatic N) is 2. The van der Waals surface area contributed by atoms with E-state index in [0.29, 0.717) is 5.82 Å². The Bertz CT molecular complexity index is 550. The van der Waals surface area contributed by atoms with Crippen molar-refractivity contribution >= 4 is 16.7 Å². The van der Waals surface area contributed by atoms with Gasteiger partial charge in [-0.05, 0) is 17.7 Å². The van der Waals surface area contributed by atoms with Crippen LogP contribution in [0, 0.1) is 0 Å². The van der Waals surface area contributed by atoms with Crippen LogP contribution in [0.15, 0.2) is 30.3 Å². The molecule has 4 nitrogen and oxygen atoms in total. The molecule has 1 aromatic heterocycles. The summed E-state index contributed by atoms with van der Waals surface area (Å²) in [4.78, 5) is 6.76. The van der Waals surface area contributed by atoms with Gasteiger partial charge in [0.2, 0.25) is 0 Å². The number of morpholine rings is 1. The molecular weight excluding hydrogens is 226 g/mol. The lowest BCUT2D eigenvalue weighted by atomic mass is 10.1. The molecular formula is C14H17N3O. The maximum Gasteiger partial charge on any atom is 0.124 e. The fourth-order valence-corrected chi connectivity index (χ4v) is 2.40. The van der Waals surface area contributed by atoms with Gasteiger partial charge in [-0.15, -0.1) is 0 Å². The Labute approximate surface area is 106 Å². The van der Waals surface area contributed by atoms with Crippen LogP contribution in [0.2, 0.25) is 0 Å². The van der Waals surface area contributed by atoms with E-state index < -0.39 is 0 Å². The second-order valence-corrected chi connectivity index (χ2v) is 4.61. The number of nitrogens with two attached hydrogens (primary N) is 1. The van der Waals surface area contributed by atoms with Crippen LogP contribution in [-0.2, 0) is 11.3 Å². The molecule has 1 fully saturated rings. The highest BCUT2D eigenvalue weighted by Crippen LogP contribution is 2.21. The van der Waals surface area contributed by atoms with Crippen LogP contribution in [-0.4, -0.2) is 36.2 Å². The summed E-state index contributed by atoms with van der Waals surface area (Å²) in [5.41, 5.74) is 8.10. The zero-order valence-electron chi connectivity index (χ0n) is 10.3. The average molecular weight is 243 g/mol. The Morgan fingerprint density at radius 2 is 2.00 bits per heavy atom. The Morgan fingerprint density at radius 1 is 1.22 bits per heavy atom. The normalized spacial score (nSPS) is 17.1. The standard InChI is InChI=1S/C14H17N3O/c15-14-9-11(10-17-5-7-18-8-6-17)12-3-1-2-4-13(12)16-14/h1-4,9H,5-8,10H2,(H2,15,16). The molecule has 1 aromatic carbocycles. The van der Waals surface area contributed by atoms with Crippen molar-refractivity contribution in [1.82, 2.24) is 9.88 Å². The molecule has 0 unspecified atom stereocenters. The van der Waals surface area contributed by atoms with Gasteiger partial charge in [0, 0.05) is 25.0 Å². The summed E-state index contributed by atoms with van der Waals surface area (Å²) in [5, 5.41) is 1.19. The van der Waals surface area contributed by atoms with Gasteiger partial charge >= 0.3 is 0 Å². The van der Waals surface area contributed by atoms with Crippen molar-refractivity contribution in [2.24, 2.45) is 0 Å². The zero-order chi connectivity index (χ0) is 12.4. The number of hydrogen-bond donors (Lipinski definition) is 1. The van der Waals surface area contributed by atoms with Crippen molar-refractivity contribution in [2.45, 2.75) is 6.54 Å². The second kappa shape index (κ2) is 4.92. The molecule has 2 aromatic rings. The highest BCUT2D eigenvalue weighted by atomic mass is 16.5. The highest BCUT2D eigenvalue weighted by molar-refractivity contribution is 5.83. The Morgan fingerprint density at radius 3 is 2.83 bits per heavy atom. The number of anilines is 1. The molecule has 0 bridgehead atoms. The summed E-state index contributed by atoms with van der Waals surface area (Å²) < 4.78 is 5.37. The number of pyridine rings is 1. The first kappa shape index (κ1) is 11.4. The number of aromatic nitrogens is 1. The summed E-state index contributed by atoms with van der Waals surface area (Å²) >= 11 is 0. The van der Waals surface area contributed by atoms with Crippen LogP contribution < -0.4 is 5.73 Å². The first-order valence-corrected chi connectivity index (χ1v) is 6.27. The van der Waals surface area contributed by atoms with Gasteiger partial charge in [-0.3, -0.25) is 4.90 Å². The topological polar surface area (TPSA) is 51.4 Å². The average Bonchev–Trinajstić information content (AvgIpc) is 2.40. The predicted molar refractivity (Wildman–Crippen MR) is 72.3 cm³/mol. The van der Waals surface area contributed by atoms with E-state index in [9.17, 15) is 0 Å². The molecule has 0 spiro atoms. The smallest absolute Gasteiger partial charge is 0.124 e. The van der Waals surface area contributed by atoms with Crippen LogP contribution in [0.3, 0.4) is 0 Å².